The maximum absolute atomic E-state index is 13.2. The van der Waals surface area contributed by atoms with E-state index in [2.05, 4.69) is 24.9 Å². The Bertz CT molecular complexity index is 1040. The van der Waals surface area contributed by atoms with E-state index in [1.165, 1.54) is 0 Å². The summed E-state index contributed by atoms with van der Waals surface area (Å²) >= 11 is 0. The topological polar surface area (TPSA) is 72.4 Å². The van der Waals surface area contributed by atoms with Crippen LogP contribution in [0.2, 0.25) is 0 Å². The third kappa shape index (κ3) is 4.30. The molecule has 3 atom stereocenters. The summed E-state index contributed by atoms with van der Waals surface area (Å²) in [5, 5.41) is 1.01. The number of aryl methyl sites for hydroxylation is 2. The lowest BCUT2D eigenvalue weighted by atomic mass is 9.80. The number of likely N-dealkylation sites (tertiary alicyclic amines) is 1. The fourth-order valence-electron chi connectivity index (χ4n) is 4.99. The Morgan fingerprint density at radius 2 is 1.68 bits per heavy atom. The molecule has 0 bridgehead atoms. The van der Waals surface area contributed by atoms with Gasteiger partial charge in [0, 0.05) is 47.6 Å². The highest BCUT2D eigenvalue weighted by molar-refractivity contribution is 5.88. The van der Waals surface area contributed by atoms with Gasteiger partial charge in [0.05, 0.1) is 11.2 Å². The molecular weight excluding hydrogens is 390 g/mol. The Labute approximate surface area is 184 Å². The number of ether oxygens (including phenoxy) is 1. The second kappa shape index (κ2) is 7.28. The third-order valence-corrected chi connectivity index (χ3v) is 6.43. The van der Waals surface area contributed by atoms with E-state index in [9.17, 15) is 9.59 Å². The zero-order chi connectivity index (χ0) is 22.7. The maximum atomic E-state index is 13.2. The summed E-state index contributed by atoms with van der Waals surface area (Å²) in [4.78, 5) is 36.7. The molecule has 1 unspecified atom stereocenters. The van der Waals surface area contributed by atoms with Crippen LogP contribution in [-0.4, -0.2) is 45.4 Å². The van der Waals surface area contributed by atoms with E-state index in [1.54, 1.807) is 4.90 Å². The Hall–Kier alpha value is -2.50. The fourth-order valence-corrected chi connectivity index (χ4v) is 4.99. The standard InChI is InChI=1S/C25H33N3O3/c1-14-8-9-16-19(26-14)10-15(2)27-22(16)25(6,7)11-20(29)21-17-12-28(13-18(17)21)23(30)31-24(3,4)5/h8-10,17-18,21H,11-13H2,1-7H3/t17-,18+,21?. The number of rotatable bonds is 4. The van der Waals surface area contributed by atoms with Crippen molar-refractivity contribution in [2.75, 3.05) is 13.1 Å². The van der Waals surface area contributed by atoms with Gasteiger partial charge in [0.15, 0.2) is 0 Å². The van der Waals surface area contributed by atoms with Gasteiger partial charge in [0.2, 0.25) is 0 Å². The molecule has 2 aromatic heterocycles. The van der Waals surface area contributed by atoms with E-state index < -0.39 is 5.60 Å². The molecule has 1 aliphatic carbocycles. The van der Waals surface area contributed by atoms with Crippen molar-refractivity contribution in [3.63, 3.8) is 0 Å². The number of fused-ring (bicyclic) bond motifs is 2. The van der Waals surface area contributed by atoms with Crippen LogP contribution in [0.25, 0.3) is 10.9 Å². The molecule has 1 saturated heterocycles. The third-order valence-electron chi connectivity index (χ3n) is 6.43. The first-order valence-electron chi connectivity index (χ1n) is 11.1. The van der Waals surface area contributed by atoms with Gasteiger partial charge in [0.25, 0.3) is 0 Å². The van der Waals surface area contributed by atoms with Crippen molar-refractivity contribution in [2.45, 2.75) is 65.9 Å². The molecule has 166 valence electrons. The Kier molecular flexibility index (Phi) is 5.10. The van der Waals surface area contributed by atoms with Gasteiger partial charge in [-0.3, -0.25) is 14.8 Å². The van der Waals surface area contributed by atoms with Crippen LogP contribution in [0.5, 0.6) is 0 Å². The molecule has 3 heterocycles. The SMILES string of the molecule is Cc1cc2nc(C)ccc2c(C(C)(C)CC(=O)C2[C@H]3CN(C(=O)OC(C)(C)C)C[C@@H]23)n1. The van der Waals surface area contributed by atoms with E-state index >= 15 is 0 Å². The predicted octanol–water partition coefficient (Wildman–Crippen LogP) is 4.60. The molecule has 1 aliphatic heterocycles. The zero-order valence-corrected chi connectivity index (χ0v) is 19.7. The minimum absolute atomic E-state index is 0.0504. The lowest BCUT2D eigenvalue weighted by Crippen LogP contribution is -2.37. The van der Waals surface area contributed by atoms with Crippen molar-refractivity contribution in [1.82, 2.24) is 14.9 Å². The molecule has 2 fully saturated rings. The Balaban J connectivity index is 1.45. The number of carbonyl (C=O) groups excluding carboxylic acids is 2. The zero-order valence-electron chi connectivity index (χ0n) is 19.7. The molecule has 1 amide bonds. The summed E-state index contributed by atoms with van der Waals surface area (Å²) in [5.41, 5.74) is 2.86. The van der Waals surface area contributed by atoms with E-state index in [0.717, 1.165) is 28.0 Å². The van der Waals surface area contributed by atoms with Crippen LogP contribution < -0.4 is 0 Å². The molecule has 0 N–H and O–H groups in total. The molecule has 6 nitrogen and oxygen atoms in total. The number of ketones is 1. The van der Waals surface area contributed by atoms with Crippen molar-refractivity contribution in [3.05, 3.63) is 35.3 Å². The van der Waals surface area contributed by atoms with E-state index in [0.29, 0.717) is 19.5 Å². The summed E-state index contributed by atoms with van der Waals surface area (Å²) < 4.78 is 5.47. The number of carbonyl (C=O) groups is 2. The van der Waals surface area contributed by atoms with Crippen LogP contribution in [0.15, 0.2) is 18.2 Å². The number of nitrogens with zero attached hydrogens (tertiary/aromatic N) is 3. The lowest BCUT2D eigenvalue weighted by Gasteiger charge is -2.27. The highest BCUT2D eigenvalue weighted by Crippen LogP contribution is 2.53. The molecule has 2 aliphatic rings. The number of Topliss-reactive ketones (excluding diaryl/α,β-unsaturated/α-hetero) is 1. The number of hydrogen-bond acceptors (Lipinski definition) is 5. The number of amides is 1. The second-order valence-electron chi connectivity index (χ2n) is 10.9. The molecule has 0 aromatic carbocycles. The van der Waals surface area contributed by atoms with Crippen LogP contribution >= 0.6 is 0 Å². The summed E-state index contributed by atoms with van der Waals surface area (Å²) in [6.45, 7) is 15.0. The molecule has 0 spiro atoms. The normalized spacial score (nSPS) is 23.1. The van der Waals surface area contributed by atoms with Crippen LogP contribution in [0.3, 0.4) is 0 Å². The molecule has 4 rings (SSSR count). The van der Waals surface area contributed by atoms with Gasteiger partial charge in [0.1, 0.15) is 11.4 Å². The second-order valence-corrected chi connectivity index (χ2v) is 10.9. The highest BCUT2D eigenvalue weighted by atomic mass is 16.6. The van der Waals surface area contributed by atoms with Crippen molar-refractivity contribution < 1.29 is 14.3 Å². The van der Waals surface area contributed by atoms with Gasteiger partial charge in [-0.2, -0.15) is 0 Å². The molecular formula is C25H33N3O3. The van der Waals surface area contributed by atoms with Gasteiger partial charge >= 0.3 is 6.09 Å². The van der Waals surface area contributed by atoms with Gasteiger partial charge in [-0.05, 0) is 64.7 Å². The van der Waals surface area contributed by atoms with Gasteiger partial charge in [-0.25, -0.2) is 4.79 Å². The van der Waals surface area contributed by atoms with Crippen molar-refractivity contribution in [1.29, 1.82) is 0 Å². The van der Waals surface area contributed by atoms with Crippen LogP contribution in [0, 0.1) is 31.6 Å². The Morgan fingerprint density at radius 1 is 1.03 bits per heavy atom. The number of pyridine rings is 2. The van der Waals surface area contributed by atoms with E-state index in [4.69, 9.17) is 9.72 Å². The quantitative estimate of drug-likeness (QED) is 0.719. The number of hydrogen-bond donors (Lipinski definition) is 0. The summed E-state index contributed by atoms with van der Waals surface area (Å²) in [6, 6.07) is 6.06. The van der Waals surface area contributed by atoms with Crippen LogP contribution in [0.4, 0.5) is 4.79 Å². The van der Waals surface area contributed by atoms with Crippen molar-refractivity contribution in [2.24, 2.45) is 17.8 Å². The highest BCUT2D eigenvalue weighted by Gasteiger charge is 2.60. The predicted molar refractivity (Wildman–Crippen MR) is 120 cm³/mol. The largest absolute Gasteiger partial charge is 0.444 e. The fraction of sp³-hybridized carbons (Fsp3) is 0.600. The number of piperidine rings is 1. The Morgan fingerprint density at radius 3 is 2.29 bits per heavy atom. The molecule has 0 radical (unpaired) electrons. The first kappa shape index (κ1) is 21.7. The first-order chi connectivity index (χ1) is 14.4. The monoisotopic (exact) mass is 423 g/mol. The molecule has 6 heteroatoms. The summed E-state index contributed by atoms with van der Waals surface area (Å²) in [6.07, 6.45) is 0.167. The van der Waals surface area contributed by atoms with Crippen LogP contribution in [0.1, 0.15) is 58.1 Å². The van der Waals surface area contributed by atoms with Crippen molar-refractivity contribution >= 4 is 22.8 Å². The lowest BCUT2D eigenvalue weighted by molar-refractivity contribution is -0.122. The maximum Gasteiger partial charge on any atom is 0.410 e. The average molecular weight is 424 g/mol. The minimum atomic E-state index is -0.500. The molecule has 1 saturated carbocycles. The van der Waals surface area contributed by atoms with Gasteiger partial charge in [-0.1, -0.05) is 13.8 Å². The summed E-state index contributed by atoms with van der Waals surface area (Å²) in [5.74, 6) is 0.861. The minimum Gasteiger partial charge on any atom is -0.444 e. The molecule has 2 aromatic rings. The van der Waals surface area contributed by atoms with E-state index in [-0.39, 0.29) is 35.0 Å². The average Bonchev–Trinajstić information content (AvgIpc) is 3.13. The van der Waals surface area contributed by atoms with Gasteiger partial charge < -0.3 is 9.64 Å². The van der Waals surface area contributed by atoms with E-state index in [1.807, 2.05) is 46.8 Å². The van der Waals surface area contributed by atoms with Crippen molar-refractivity contribution in [3.8, 4) is 0 Å². The summed E-state index contributed by atoms with van der Waals surface area (Å²) in [7, 11) is 0. The van der Waals surface area contributed by atoms with Crippen LogP contribution in [-0.2, 0) is 14.9 Å². The first-order valence-corrected chi connectivity index (χ1v) is 11.1. The number of aromatic nitrogens is 2. The smallest absolute Gasteiger partial charge is 0.410 e. The molecule has 31 heavy (non-hydrogen) atoms. The van der Waals surface area contributed by atoms with Gasteiger partial charge in [-0.15, -0.1) is 0 Å².